The average Bonchev–Trinajstić information content (AvgIpc) is 2.42. The minimum Gasteiger partial charge on any atom is -0.478 e. The molecule has 22 heavy (non-hydrogen) atoms. The maximum atomic E-state index is 11.6. The van der Waals surface area contributed by atoms with Gasteiger partial charge in [-0.05, 0) is 18.3 Å². The molecule has 0 radical (unpaired) electrons. The van der Waals surface area contributed by atoms with Crippen LogP contribution in [-0.4, -0.2) is 38.6 Å². The van der Waals surface area contributed by atoms with Crippen LogP contribution in [0.1, 0.15) is 10.4 Å². The lowest BCUT2D eigenvalue weighted by molar-refractivity contribution is -0.384. The fraction of sp³-hybridized carbons (Fsp3) is 0. The van der Waals surface area contributed by atoms with Crippen molar-refractivity contribution in [3.63, 3.8) is 0 Å². The van der Waals surface area contributed by atoms with E-state index in [-0.39, 0.29) is 5.11 Å². The standard InChI is InChI=1S/C11H6N4O6S/c16-8-7(9(17)14-11(22)13-8)12-6-3-4(15(20)21)1-2-5(6)10(18)19/h1-3H,(H,18,19)(H2,13,14,16,17,22). The van der Waals surface area contributed by atoms with Crippen molar-refractivity contribution >= 4 is 52.2 Å². The number of nitro benzene ring substituents is 1. The highest BCUT2D eigenvalue weighted by atomic mass is 32.1. The Morgan fingerprint density at radius 1 is 1.27 bits per heavy atom. The summed E-state index contributed by atoms with van der Waals surface area (Å²) in [5.41, 5.74) is -1.88. The summed E-state index contributed by atoms with van der Waals surface area (Å²) in [4.78, 5) is 48.0. The topological polar surface area (TPSA) is 151 Å². The summed E-state index contributed by atoms with van der Waals surface area (Å²) in [6, 6.07) is 2.79. The van der Waals surface area contributed by atoms with Gasteiger partial charge in [0, 0.05) is 12.1 Å². The van der Waals surface area contributed by atoms with Crippen molar-refractivity contribution in [2.24, 2.45) is 4.99 Å². The number of hydrogen-bond acceptors (Lipinski definition) is 7. The molecule has 0 saturated carbocycles. The van der Waals surface area contributed by atoms with Gasteiger partial charge in [-0.15, -0.1) is 0 Å². The van der Waals surface area contributed by atoms with Crippen molar-refractivity contribution < 1.29 is 24.4 Å². The van der Waals surface area contributed by atoms with Crippen molar-refractivity contribution in [3.8, 4) is 0 Å². The summed E-state index contributed by atoms with van der Waals surface area (Å²) in [5, 5.41) is 23.8. The van der Waals surface area contributed by atoms with Crippen LogP contribution >= 0.6 is 12.2 Å². The molecule has 0 unspecified atom stereocenters. The molecule has 1 aromatic rings. The maximum Gasteiger partial charge on any atom is 0.337 e. The Labute approximate surface area is 127 Å². The third-order valence-corrected chi connectivity index (χ3v) is 2.74. The Balaban J connectivity index is 2.57. The minimum atomic E-state index is -1.42. The number of rotatable bonds is 3. The Hall–Kier alpha value is -3.21. The second-order valence-corrected chi connectivity index (χ2v) is 4.37. The highest BCUT2D eigenvalue weighted by molar-refractivity contribution is 7.80. The summed E-state index contributed by atoms with van der Waals surface area (Å²) >= 11 is 4.60. The van der Waals surface area contributed by atoms with Gasteiger partial charge in [0.25, 0.3) is 17.5 Å². The summed E-state index contributed by atoms with van der Waals surface area (Å²) in [5.74, 6) is -3.28. The lowest BCUT2D eigenvalue weighted by Crippen LogP contribution is -2.56. The van der Waals surface area contributed by atoms with E-state index in [1.807, 2.05) is 0 Å². The third kappa shape index (κ3) is 2.93. The molecule has 1 aliphatic rings. The van der Waals surface area contributed by atoms with E-state index in [9.17, 15) is 24.5 Å². The Kier molecular flexibility index (Phi) is 3.90. The molecule has 2 amide bonds. The Morgan fingerprint density at radius 3 is 2.36 bits per heavy atom. The molecule has 11 heteroatoms. The first-order valence-corrected chi connectivity index (χ1v) is 5.97. The van der Waals surface area contributed by atoms with Gasteiger partial charge in [0.05, 0.1) is 16.2 Å². The zero-order valence-electron chi connectivity index (χ0n) is 10.5. The van der Waals surface area contributed by atoms with Crippen molar-refractivity contribution in [2.45, 2.75) is 0 Å². The van der Waals surface area contributed by atoms with E-state index in [2.05, 4.69) is 27.8 Å². The first-order valence-electron chi connectivity index (χ1n) is 5.56. The number of non-ortho nitro benzene ring substituents is 1. The summed E-state index contributed by atoms with van der Waals surface area (Å²) in [6.07, 6.45) is 0. The number of aromatic carboxylic acids is 1. The predicted molar refractivity (Wildman–Crippen MR) is 76.0 cm³/mol. The lowest BCUT2D eigenvalue weighted by Gasteiger charge is -2.15. The largest absolute Gasteiger partial charge is 0.478 e. The van der Waals surface area contributed by atoms with Gasteiger partial charge < -0.3 is 5.11 Å². The van der Waals surface area contributed by atoms with Crippen molar-refractivity contribution in [1.29, 1.82) is 0 Å². The van der Waals surface area contributed by atoms with E-state index in [0.29, 0.717) is 0 Å². The molecule has 1 saturated heterocycles. The molecule has 1 aliphatic heterocycles. The number of nitrogens with zero attached hydrogens (tertiary/aromatic N) is 2. The molecule has 0 atom stereocenters. The molecule has 3 N–H and O–H groups in total. The molecule has 0 aromatic heterocycles. The minimum absolute atomic E-state index is 0.216. The van der Waals surface area contributed by atoms with Gasteiger partial charge in [-0.2, -0.15) is 0 Å². The number of nitro groups is 1. The number of nitrogens with one attached hydrogen (secondary N) is 2. The van der Waals surface area contributed by atoms with E-state index in [1.54, 1.807) is 0 Å². The molecule has 112 valence electrons. The highest BCUT2D eigenvalue weighted by Crippen LogP contribution is 2.25. The number of carboxylic acid groups (broad SMARTS) is 1. The normalized spacial score (nSPS) is 14.2. The van der Waals surface area contributed by atoms with Crippen LogP contribution < -0.4 is 10.6 Å². The molecular weight excluding hydrogens is 316 g/mol. The van der Waals surface area contributed by atoms with E-state index in [0.717, 1.165) is 18.2 Å². The van der Waals surface area contributed by atoms with Crippen LogP contribution in [0.5, 0.6) is 0 Å². The summed E-state index contributed by atoms with van der Waals surface area (Å²) < 4.78 is 0. The second-order valence-electron chi connectivity index (χ2n) is 3.96. The van der Waals surface area contributed by atoms with Gasteiger partial charge in [-0.25, -0.2) is 9.79 Å². The molecule has 2 rings (SSSR count). The first kappa shape index (κ1) is 15.2. The number of thiocarbonyl (C=S) groups is 1. The van der Waals surface area contributed by atoms with Crippen molar-refractivity contribution in [1.82, 2.24) is 10.6 Å². The van der Waals surface area contributed by atoms with Crippen LogP contribution in [0.25, 0.3) is 0 Å². The number of aliphatic imine (C=N–C) groups is 1. The molecular formula is C11H6N4O6S. The number of carbonyl (C=O) groups is 3. The second kappa shape index (κ2) is 5.65. The van der Waals surface area contributed by atoms with Crippen LogP contribution in [0.4, 0.5) is 11.4 Å². The van der Waals surface area contributed by atoms with E-state index >= 15 is 0 Å². The van der Waals surface area contributed by atoms with Crippen molar-refractivity contribution in [2.75, 3.05) is 0 Å². The number of carbonyl (C=O) groups excluding carboxylic acids is 2. The quantitative estimate of drug-likeness (QED) is 0.399. The number of amides is 2. The fourth-order valence-corrected chi connectivity index (χ4v) is 1.77. The van der Waals surface area contributed by atoms with Crippen LogP contribution in [0.2, 0.25) is 0 Å². The number of hydrogen-bond donors (Lipinski definition) is 3. The SMILES string of the molecule is O=C1NC(=S)NC(=O)C1=Nc1cc([N+](=O)[O-])ccc1C(=O)O. The van der Waals surface area contributed by atoms with Crippen molar-refractivity contribution in [3.05, 3.63) is 33.9 Å². The zero-order chi connectivity index (χ0) is 16.4. The van der Waals surface area contributed by atoms with Crippen LogP contribution in [0.15, 0.2) is 23.2 Å². The van der Waals surface area contributed by atoms with Gasteiger partial charge in [-0.3, -0.25) is 30.3 Å². The lowest BCUT2D eigenvalue weighted by atomic mass is 10.1. The molecule has 0 bridgehead atoms. The van der Waals surface area contributed by atoms with Gasteiger partial charge in [0.15, 0.2) is 10.8 Å². The average molecular weight is 322 g/mol. The van der Waals surface area contributed by atoms with E-state index in [1.165, 1.54) is 0 Å². The molecule has 1 aromatic carbocycles. The van der Waals surface area contributed by atoms with E-state index in [4.69, 9.17) is 5.11 Å². The maximum absolute atomic E-state index is 11.6. The smallest absolute Gasteiger partial charge is 0.337 e. The molecule has 0 aliphatic carbocycles. The fourth-order valence-electron chi connectivity index (χ4n) is 1.59. The van der Waals surface area contributed by atoms with Gasteiger partial charge in [0.2, 0.25) is 0 Å². The number of carboxylic acids is 1. The van der Waals surface area contributed by atoms with Gasteiger partial charge in [-0.1, -0.05) is 0 Å². The van der Waals surface area contributed by atoms with Crippen LogP contribution in [-0.2, 0) is 9.59 Å². The predicted octanol–water partition coefficient (Wildman–Crippen LogP) is -0.104. The van der Waals surface area contributed by atoms with Crippen LogP contribution in [0.3, 0.4) is 0 Å². The molecule has 0 spiro atoms. The van der Waals surface area contributed by atoms with E-state index < -0.39 is 45.4 Å². The highest BCUT2D eigenvalue weighted by Gasteiger charge is 2.28. The summed E-state index contributed by atoms with van der Waals surface area (Å²) in [6.45, 7) is 0. The Bertz CT molecular complexity index is 750. The molecule has 10 nitrogen and oxygen atoms in total. The zero-order valence-corrected chi connectivity index (χ0v) is 11.3. The third-order valence-electron chi connectivity index (χ3n) is 2.54. The summed E-state index contributed by atoms with van der Waals surface area (Å²) in [7, 11) is 0. The number of benzene rings is 1. The van der Waals surface area contributed by atoms with Gasteiger partial charge in [0.1, 0.15) is 0 Å². The monoisotopic (exact) mass is 322 g/mol. The van der Waals surface area contributed by atoms with Crippen LogP contribution in [0, 0.1) is 10.1 Å². The first-order chi connectivity index (χ1) is 10.3. The molecule has 1 heterocycles. The molecule has 1 fully saturated rings. The Morgan fingerprint density at radius 2 is 1.86 bits per heavy atom. The van der Waals surface area contributed by atoms with Gasteiger partial charge >= 0.3 is 5.97 Å².